The molecule has 2 atom stereocenters. The van der Waals surface area contributed by atoms with Gasteiger partial charge in [-0.25, -0.2) is 9.97 Å². The highest BCUT2D eigenvalue weighted by molar-refractivity contribution is 6.29. The summed E-state index contributed by atoms with van der Waals surface area (Å²) in [5.41, 5.74) is 0. The van der Waals surface area contributed by atoms with E-state index in [1.165, 1.54) is 25.7 Å². The first-order chi connectivity index (χ1) is 9.24. The Kier molecular flexibility index (Phi) is 3.89. The average molecular weight is 282 g/mol. The van der Waals surface area contributed by atoms with Crippen LogP contribution in [0.15, 0.2) is 6.07 Å². The zero-order valence-corrected chi connectivity index (χ0v) is 12.0. The molecule has 2 aliphatic carbocycles. The van der Waals surface area contributed by atoms with Crippen molar-refractivity contribution in [1.29, 1.82) is 0 Å². The minimum Gasteiger partial charge on any atom is -0.381 e. The van der Waals surface area contributed by atoms with Crippen molar-refractivity contribution in [2.24, 2.45) is 0 Å². The second-order valence-corrected chi connectivity index (χ2v) is 5.96. The first kappa shape index (κ1) is 13.1. The number of nitrogens with zero attached hydrogens (tertiary/aromatic N) is 2. The number of hydrogen-bond acceptors (Lipinski definition) is 4. The van der Waals surface area contributed by atoms with Gasteiger partial charge in [-0.2, -0.15) is 0 Å². The maximum Gasteiger partial charge on any atom is 0.135 e. The third-order valence-electron chi connectivity index (χ3n) is 3.97. The summed E-state index contributed by atoms with van der Waals surface area (Å²) in [5.74, 6) is 2.29. The van der Waals surface area contributed by atoms with Crippen LogP contribution in [0.4, 0.5) is 5.82 Å². The Bertz CT molecular complexity index is 450. The molecule has 0 radical (unpaired) electrons. The zero-order chi connectivity index (χ0) is 13.2. The molecule has 2 aliphatic rings. The van der Waals surface area contributed by atoms with Gasteiger partial charge in [-0.15, -0.1) is 0 Å². The highest BCUT2D eigenvalue weighted by atomic mass is 35.5. The lowest BCUT2D eigenvalue weighted by molar-refractivity contribution is 0.0669. The van der Waals surface area contributed by atoms with Crippen molar-refractivity contribution < 1.29 is 4.74 Å². The van der Waals surface area contributed by atoms with Gasteiger partial charge in [0.25, 0.3) is 0 Å². The number of methoxy groups -OCH3 is 1. The largest absolute Gasteiger partial charge is 0.381 e. The molecule has 1 aromatic rings. The third kappa shape index (κ3) is 3.37. The molecule has 5 heteroatoms. The quantitative estimate of drug-likeness (QED) is 0.860. The minimum atomic E-state index is 0.367. The molecule has 0 saturated heterocycles. The topological polar surface area (TPSA) is 47.0 Å². The number of rotatable bonds is 4. The van der Waals surface area contributed by atoms with E-state index < -0.39 is 0 Å². The standard InChI is InChI=1S/C14H20ClN3O/c1-19-11-4-2-3-10(7-11)16-13-8-12(15)17-14(18-13)9-5-6-9/h8-11H,2-7H2,1H3,(H,16,17,18). The molecule has 0 aliphatic heterocycles. The molecular formula is C14H20ClN3O. The molecule has 104 valence electrons. The monoisotopic (exact) mass is 281 g/mol. The lowest BCUT2D eigenvalue weighted by Crippen LogP contribution is -2.31. The first-order valence-electron chi connectivity index (χ1n) is 7.08. The molecule has 0 spiro atoms. The van der Waals surface area contributed by atoms with Gasteiger partial charge in [-0.1, -0.05) is 11.6 Å². The van der Waals surface area contributed by atoms with E-state index in [1.54, 1.807) is 7.11 Å². The summed E-state index contributed by atoms with van der Waals surface area (Å²) in [4.78, 5) is 8.90. The molecule has 3 rings (SSSR count). The van der Waals surface area contributed by atoms with E-state index in [1.807, 2.05) is 6.07 Å². The number of anilines is 1. The van der Waals surface area contributed by atoms with Crippen molar-refractivity contribution in [3.63, 3.8) is 0 Å². The number of nitrogens with one attached hydrogen (secondary N) is 1. The summed E-state index contributed by atoms with van der Waals surface area (Å²) in [5, 5.41) is 4.03. The van der Waals surface area contributed by atoms with E-state index in [9.17, 15) is 0 Å². The number of aromatic nitrogens is 2. The van der Waals surface area contributed by atoms with Crippen LogP contribution < -0.4 is 5.32 Å². The Hall–Kier alpha value is -0.870. The van der Waals surface area contributed by atoms with Gasteiger partial charge in [-0.05, 0) is 38.5 Å². The Morgan fingerprint density at radius 2 is 2.11 bits per heavy atom. The lowest BCUT2D eigenvalue weighted by atomic mass is 9.93. The van der Waals surface area contributed by atoms with Crippen LogP contribution in [-0.2, 0) is 4.74 Å². The summed E-state index contributed by atoms with van der Waals surface area (Å²) in [6.45, 7) is 0. The Balaban J connectivity index is 1.68. The molecule has 4 nitrogen and oxygen atoms in total. The van der Waals surface area contributed by atoms with Crippen LogP contribution in [0.5, 0.6) is 0 Å². The van der Waals surface area contributed by atoms with Gasteiger partial charge in [-0.3, -0.25) is 0 Å². The van der Waals surface area contributed by atoms with Crippen LogP contribution in [0.2, 0.25) is 5.15 Å². The Morgan fingerprint density at radius 3 is 2.84 bits per heavy atom. The molecule has 1 heterocycles. The van der Waals surface area contributed by atoms with E-state index in [0.717, 1.165) is 24.5 Å². The normalized spacial score (nSPS) is 27.3. The summed E-state index contributed by atoms with van der Waals surface area (Å²) >= 11 is 6.08. The fourth-order valence-electron chi connectivity index (χ4n) is 2.73. The fraction of sp³-hybridized carbons (Fsp3) is 0.714. The SMILES string of the molecule is COC1CCCC(Nc2cc(Cl)nc(C3CC3)n2)C1. The molecule has 1 N–H and O–H groups in total. The second kappa shape index (κ2) is 5.63. The second-order valence-electron chi connectivity index (χ2n) is 5.57. The predicted molar refractivity (Wildman–Crippen MR) is 75.7 cm³/mol. The maximum absolute atomic E-state index is 6.08. The maximum atomic E-state index is 6.08. The number of ether oxygens (including phenoxy) is 1. The van der Waals surface area contributed by atoms with Crippen molar-refractivity contribution in [3.05, 3.63) is 17.0 Å². The Labute approximate surface area is 118 Å². The van der Waals surface area contributed by atoms with Gasteiger partial charge < -0.3 is 10.1 Å². The van der Waals surface area contributed by atoms with Crippen LogP contribution in [0.1, 0.15) is 50.3 Å². The van der Waals surface area contributed by atoms with E-state index in [2.05, 4.69) is 15.3 Å². The highest BCUT2D eigenvalue weighted by Crippen LogP contribution is 2.39. The number of halogens is 1. The summed E-state index contributed by atoms with van der Waals surface area (Å²) < 4.78 is 5.46. The van der Waals surface area contributed by atoms with Gasteiger partial charge in [0, 0.05) is 25.1 Å². The van der Waals surface area contributed by atoms with Crippen LogP contribution in [-0.4, -0.2) is 29.2 Å². The van der Waals surface area contributed by atoms with Gasteiger partial charge in [0.1, 0.15) is 16.8 Å². The fourth-order valence-corrected chi connectivity index (χ4v) is 2.92. The first-order valence-corrected chi connectivity index (χ1v) is 7.46. The van der Waals surface area contributed by atoms with E-state index in [0.29, 0.717) is 23.2 Å². The van der Waals surface area contributed by atoms with Crippen molar-refractivity contribution in [1.82, 2.24) is 9.97 Å². The highest BCUT2D eigenvalue weighted by Gasteiger charge is 2.28. The van der Waals surface area contributed by atoms with Crippen molar-refractivity contribution in [2.75, 3.05) is 12.4 Å². The van der Waals surface area contributed by atoms with Gasteiger partial charge in [0.15, 0.2) is 0 Å². The van der Waals surface area contributed by atoms with E-state index in [4.69, 9.17) is 16.3 Å². The number of hydrogen-bond donors (Lipinski definition) is 1. The van der Waals surface area contributed by atoms with Gasteiger partial charge in [0.05, 0.1) is 6.10 Å². The molecule has 2 fully saturated rings. The smallest absolute Gasteiger partial charge is 0.135 e. The predicted octanol–water partition coefficient (Wildman–Crippen LogP) is 3.38. The lowest BCUT2D eigenvalue weighted by Gasteiger charge is -2.29. The van der Waals surface area contributed by atoms with Crippen molar-refractivity contribution >= 4 is 17.4 Å². The van der Waals surface area contributed by atoms with Gasteiger partial charge >= 0.3 is 0 Å². The molecule has 0 aromatic carbocycles. The molecule has 2 unspecified atom stereocenters. The third-order valence-corrected chi connectivity index (χ3v) is 4.16. The van der Waals surface area contributed by atoms with Crippen molar-refractivity contribution in [3.8, 4) is 0 Å². The summed E-state index contributed by atoms with van der Waals surface area (Å²) in [6.07, 6.45) is 7.31. The summed E-state index contributed by atoms with van der Waals surface area (Å²) in [6, 6.07) is 2.25. The van der Waals surface area contributed by atoms with E-state index >= 15 is 0 Å². The molecule has 2 saturated carbocycles. The summed E-state index contributed by atoms with van der Waals surface area (Å²) in [7, 11) is 1.79. The van der Waals surface area contributed by atoms with Crippen LogP contribution >= 0.6 is 11.6 Å². The van der Waals surface area contributed by atoms with Gasteiger partial charge in [0.2, 0.25) is 0 Å². The van der Waals surface area contributed by atoms with Crippen LogP contribution in [0, 0.1) is 0 Å². The zero-order valence-electron chi connectivity index (χ0n) is 11.2. The Morgan fingerprint density at radius 1 is 1.26 bits per heavy atom. The molecule has 0 bridgehead atoms. The average Bonchev–Trinajstić information content (AvgIpc) is 3.22. The molecule has 1 aromatic heterocycles. The molecule has 19 heavy (non-hydrogen) atoms. The van der Waals surface area contributed by atoms with E-state index in [-0.39, 0.29) is 0 Å². The van der Waals surface area contributed by atoms with Crippen molar-refractivity contribution in [2.45, 2.75) is 56.6 Å². The minimum absolute atomic E-state index is 0.367. The van der Waals surface area contributed by atoms with Crippen LogP contribution in [0.25, 0.3) is 0 Å². The van der Waals surface area contributed by atoms with Crippen LogP contribution in [0.3, 0.4) is 0 Å². The molecule has 0 amide bonds. The molecular weight excluding hydrogens is 262 g/mol.